The van der Waals surface area contributed by atoms with E-state index < -0.39 is 22.9 Å². The lowest BCUT2D eigenvalue weighted by atomic mass is 9.95. The topological polar surface area (TPSA) is 187 Å². The molecule has 0 saturated heterocycles. The number of nitrogen functional groups attached to an aromatic ring is 1. The summed E-state index contributed by atoms with van der Waals surface area (Å²) in [6, 6.07) is 4.17. The van der Waals surface area contributed by atoms with E-state index >= 15 is 0 Å². The zero-order valence-electron chi connectivity index (χ0n) is 29.9. The van der Waals surface area contributed by atoms with Crippen molar-refractivity contribution >= 4 is 46.9 Å². The minimum absolute atomic E-state index is 0.0219. The van der Waals surface area contributed by atoms with Crippen LogP contribution in [-0.4, -0.2) is 79.3 Å². The number of urea groups is 1. The number of hydrogen-bond acceptors (Lipinski definition) is 9. The number of nitrogens with one attached hydrogen (secondary N) is 2. The highest BCUT2D eigenvalue weighted by atomic mass is 35.5. The molecule has 0 atom stereocenters. The number of anilines is 2. The molecular weight excluding hydrogens is 677 g/mol. The fourth-order valence-electron chi connectivity index (χ4n) is 4.70. The van der Waals surface area contributed by atoms with Crippen molar-refractivity contribution < 1.29 is 9.59 Å². The monoisotopic (exact) mass is 725 g/mol. The molecule has 1 aliphatic rings. The second-order valence-corrected chi connectivity index (χ2v) is 14.1. The van der Waals surface area contributed by atoms with Gasteiger partial charge < -0.3 is 26.3 Å². The minimum Gasteiger partial charge on any atom is -0.348 e. The predicted molar refractivity (Wildman–Crippen MR) is 194 cm³/mol. The van der Waals surface area contributed by atoms with Crippen LogP contribution < -0.4 is 38.4 Å². The Hall–Kier alpha value is -4.31. The van der Waals surface area contributed by atoms with Crippen molar-refractivity contribution in [2.45, 2.75) is 84.2 Å². The largest absolute Gasteiger partial charge is 0.373 e. The van der Waals surface area contributed by atoms with Crippen molar-refractivity contribution in [2.75, 3.05) is 44.3 Å². The Morgan fingerprint density at radius 2 is 1.57 bits per heavy atom. The lowest BCUT2D eigenvalue weighted by molar-refractivity contribution is 0.229. The van der Waals surface area contributed by atoms with Gasteiger partial charge in [0.2, 0.25) is 5.95 Å². The Morgan fingerprint density at radius 1 is 0.980 bits per heavy atom. The minimum atomic E-state index is -0.643. The molecule has 4 N–H and O–H groups in total. The van der Waals surface area contributed by atoms with Gasteiger partial charge in [-0.25, -0.2) is 28.5 Å². The first kappa shape index (κ1) is 40.9. The second-order valence-electron chi connectivity index (χ2n) is 13.3. The number of carbonyl (C=O) groups is 2. The number of rotatable bonds is 4. The highest BCUT2D eigenvalue weighted by molar-refractivity contribution is 6.42. The summed E-state index contributed by atoms with van der Waals surface area (Å²) in [5.74, 6) is 6.29. The van der Waals surface area contributed by atoms with E-state index in [-0.39, 0.29) is 23.7 Å². The van der Waals surface area contributed by atoms with Crippen LogP contribution in [0.1, 0.15) is 84.5 Å². The van der Waals surface area contributed by atoms with Crippen molar-refractivity contribution in [3.05, 3.63) is 65.5 Å². The Morgan fingerprint density at radius 3 is 2.04 bits per heavy atom. The predicted octanol–water partition coefficient (Wildman–Crippen LogP) is 3.84. The molecule has 4 rings (SSSR count). The quantitative estimate of drug-likeness (QED) is 0.336. The van der Waals surface area contributed by atoms with Crippen LogP contribution in [0.5, 0.6) is 0 Å². The Kier molecular flexibility index (Phi) is 14.5. The van der Waals surface area contributed by atoms with Gasteiger partial charge in [-0.15, -0.1) is 9.78 Å². The molecule has 49 heavy (non-hydrogen) atoms. The van der Waals surface area contributed by atoms with Gasteiger partial charge >= 0.3 is 29.1 Å². The van der Waals surface area contributed by atoms with Crippen molar-refractivity contribution in [2.24, 2.45) is 7.05 Å². The van der Waals surface area contributed by atoms with Crippen LogP contribution in [0.2, 0.25) is 10.0 Å². The van der Waals surface area contributed by atoms with E-state index in [2.05, 4.69) is 20.7 Å². The summed E-state index contributed by atoms with van der Waals surface area (Å²) < 4.78 is 4.41. The van der Waals surface area contributed by atoms with Crippen LogP contribution in [0.15, 0.2) is 32.6 Å². The van der Waals surface area contributed by atoms with E-state index in [1.165, 1.54) is 20.5 Å². The smallest absolute Gasteiger partial charge is 0.348 e. The first-order valence-electron chi connectivity index (χ1n) is 15.8. The third kappa shape index (κ3) is 11.4. The van der Waals surface area contributed by atoms with Gasteiger partial charge in [-0.05, 0) is 51.8 Å². The number of benzene rings is 1. The summed E-state index contributed by atoms with van der Waals surface area (Å²) in [5.41, 5.74) is -1.14. The fraction of sp³-hybridized carbons (Fsp3) is 0.581. The molecule has 1 saturated carbocycles. The maximum atomic E-state index is 12.3. The van der Waals surface area contributed by atoms with Gasteiger partial charge in [0.05, 0.1) is 10.0 Å². The highest BCUT2D eigenvalue weighted by Crippen LogP contribution is 2.26. The third-order valence-corrected chi connectivity index (χ3v) is 7.88. The summed E-state index contributed by atoms with van der Waals surface area (Å²) >= 11 is 11.5. The molecule has 2 heterocycles. The van der Waals surface area contributed by atoms with Gasteiger partial charge in [0.1, 0.15) is 0 Å². The number of halogens is 2. The van der Waals surface area contributed by atoms with Crippen molar-refractivity contribution in [3.63, 3.8) is 0 Å². The van der Waals surface area contributed by atoms with Crippen molar-refractivity contribution in [1.82, 2.24) is 38.8 Å². The fourth-order valence-corrected chi connectivity index (χ4v) is 5.00. The van der Waals surface area contributed by atoms with Crippen LogP contribution in [0, 0.1) is 0 Å². The number of nitrogens with zero attached hydrogens (tertiary/aromatic N) is 8. The molecule has 0 bridgehead atoms. The maximum Gasteiger partial charge on any atom is 0.373 e. The number of aromatic nitrogens is 6. The zero-order valence-corrected chi connectivity index (χ0v) is 31.4. The second kappa shape index (κ2) is 17.4. The van der Waals surface area contributed by atoms with Crippen LogP contribution in [0.4, 0.5) is 21.2 Å². The zero-order chi connectivity index (χ0) is 37.4. The van der Waals surface area contributed by atoms with Crippen molar-refractivity contribution in [3.8, 4) is 0 Å². The van der Waals surface area contributed by atoms with Gasteiger partial charge in [-0.3, -0.25) is 4.57 Å². The van der Waals surface area contributed by atoms with Crippen LogP contribution in [0.3, 0.4) is 0 Å². The molecule has 3 aromatic rings. The number of amides is 3. The summed E-state index contributed by atoms with van der Waals surface area (Å²) in [6.45, 7) is 9.14. The molecule has 18 heteroatoms. The van der Waals surface area contributed by atoms with E-state index in [4.69, 9.17) is 29.0 Å². The van der Waals surface area contributed by atoms with E-state index in [0.29, 0.717) is 27.5 Å². The maximum absolute atomic E-state index is 12.3. The van der Waals surface area contributed by atoms with Gasteiger partial charge in [0.25, 0.3) is 0 Å². The summed E-state index contributed by atoms with van der Waals surface area (Å²) in [6.07, 6.45) is 5.15. The highest BCUT2D eigenvalue weighted by Gasteiger charge is 2.23. The third-order valence-electron chi connectivity index (χ3n) is 7.14. The molecule has 2 aromatic heterocycles. The first-order chi connectivity index (χ1) is 22.7. The van der Waals surface area contributed by atoms with E-state index in [1.54, 1.807) is 58.3 Å². The average molecular weight is 727 g/mol. The molecule has 0 spiro atoms. The van der Waals surface area contributed by atoms with E-state index in [9.17, 15) is 24.0 Å². The van der Waals surface area contributed by atoms with Crippen LogP contribution in [0.25, 0.3) is 0 Å². The van der Waals surface area contributed by atoms with E-state index in [1.807, 2.05) is 34.6 Å². The van der Waals surface area contributed by atoms with Crippen LogP contribution in [-0.2, 0) is 7.05 Å². The molecule has 272 valence electrons. The molecule has 0 aliphatic heterocycles. The SMILES string of the molecule is CC(C)c1nn(C(=O)NC(C)(C)C)c(=O)n1N.CN(C)C(=O)Nc1ccc(Cl)c(Cl)c1.CN(C)c1nc(=O)n(C2CCCCC2)c(=O)n1C. The van der Waals surface area contributed by atoms with Gasteiger partial charge in [-0.2, -0.15) is 9.66 Å². The van der Waals surface area contributed by atoms with Crippen LogP contribution >= 0.6 is 23.2 Å². The molecule has 1 aromatic carbocycles. The van der Waals surface area contributed by atoms with Crippen molar-refractivity contribution in [1.29, 1.82) is 0 Å². The van der Waals surface area contributed by atoms with Gasteiger partial charge in [-0.1, -0.05) is 56.3 Å². The molecule has 0 radical (unpaired) electrons. The normalized spacial score (nSPS) is 13.1. The number of hydrogen-bond donors (Lipinski definition) is 3. The summed E-state index contributed by atoms with van der Waals surface area (Å²) in [4.78, 5) is 66.2. The lowest BCUT2D eigenvalue weighted by Crippen LogP contribution is -2.47. The molecule has 3 amide bonds. The molecule has 1 aliphatic carbocycles. The van der Waals surface area contributed by atoms with Gasteiger partial charge in [0, 0.05) is 58.4 Å². The lowest BCUT2D eigenvalue weighted by Gasteiger charge is -2.24. The molecule has 1 fully saturated rings. The van der Waals surface area contributed by atoms with Gasteiger partial charge in [0.15, 0.2) is 5.82 Å². The summed E-state index contributed by atoms with van der Waals surface area (Å²) in [7, 11) is 8.52. The average Bonchev–Trinajstić information content (AvgIpc) is 3.31. The van der Waals surface area contributed by atoms with E-state index in [0.717, 1.165) is 35.0 Å². The molecular formula is C31H49Cl2N11O5. The number of carbonyl (C=O) groups excluding carboxylic acids is 2. The molecule has 16 nitrogen and oxygen atoms in total. The standard InChI is InChI=1S/C12H20N4O2.C10H19N5O2.C9H10Cl2N2O/c1-14(2)10-13-11(17)16(12(18)15(10)3)9-7-5-4-6-8-9;1-6(2)7-13-15(9(17)14(7)11)8(16)12-10(3,4)5;1-13(2)9(14)12-6-3-4-7(10)8(11)5-6/h9H,4-8H2,1-3H3;6H,11H2,1-5H3,(H,12,16);3-5H,1-2H3,(H,12,14). The molecule has 0 unspecified atom stereocenters. The first-order valence-corrected chi connectivity index (χ1v) is 16.5. The Labute approximate surface area is 295 Å². The number of nitrogens with two attached hydrogens (primary N) is 1. The summed E-state index contributed by atoms with van der Waals surface area (Å²) in [5, 5.41) is 10.1. The Balaban J connectivity index is 0.000000257. The Bertz CT molecular complexity index is 1780.